The van der Waals surface area contributed by atoms with E-state index in [0.717, 1.165) is 97.7 Å². The number of benzene rings is 4. The molecular formula is C70H70F6N12O5S3. The Morgan fingerprint density at radius 3 is 1.53 bits per heavy atom. The van der Waals surface area contributed by atoms with Gasteiger partial charge in [-0.15, -0.1) is 34.0 Å². The van der Waals surface area contributed by atoms with Crippen molar-refractivity contribution in [3.63, 3.8) is 0 Å². The summed E-state index contributed by atoms with van der Waals surface area (Å²) in [5.74, 6) is -0.477. The van der Waals surface area contributed by atoms with Crippen molar-refractivity contribution in [1.29, 1.82) is 5.26 Å². The van der Waals surface area contributed by atoms with E-state index in [-0.39, 0.29) is 53.4 Å². The molecule has 0 aliphatic carbocycles. The second kappa shape index (κ2) is 36.1. The van der Waals surface area contributed by atoms with Crippen molar-refractivity contribution >= 4 is 84.0 Å². The molecule has 6 aromatic heterocycles. The summed E-state index contributed by atoms with van der Waals surface area (Å²) in [7, 11) is 1.61. The van der Waals surface area contributed by atoms with E-state index in [0.29, 0.717) is 50.4 Å². The monoisotopic (exact) mass is 1370 g/mol. The molecular weight excluding hydrogens is 1300 g/mol. The van der Waals surface area contributed by atoms with Crippen molar-refractivity contribution in [1.82, 2.24) is 29.9 Å². The van der Waals surface area contributed by atoms with Gasteiger partial charge in [-0.3, -0.25) is 19.6 Å². The Morgan fingerprint density at radius 2 is 1.02 bits per heavy atom. The van der Waals surface area contributed by atoms with E-state index in [9.17, 15) is 41.2 Å². The SMILES string of the molecule is CCCCCCCCOc1ccc(Nc2nc(-c3cccnc3C#N)cs2)cc1C(F)(F)F.CCCCCCCCOc1ccc(Nc2nc(-c3cccnc3C(N)=O)cs2)cc1C(F)(F)F.COc1ccc(NC(=O)c2ccc(Nc3nc(-c4cccnc4)cs3)cc2)cc1. The van der Waals surface area contributed by atoms with Crippen LogP contribution < -0.4 is 41.2 Å². The molecule has 96 heavy (non-hydrogen) atoms. The van der Waals surface area contributed by atoms with Crippen LogP contribution in [0.15, 0.2) is 162 Å². The fourth-order valence-corrected chi connectivity index (χ4v) is 11.6. The zero-order chi connectivity index (χ0) is 68.3. The number of unbranched alkanes of at least 4 members (excludes halogenated alkanes) is 10. The lowest BCUT2D eigenvalue weighted by Crippen LogP contribution is -2.14. The number of alkyl halides is 6. The lowest BCUT2D eigenvalue weighted by atomic mass is 10.1. The maximum absolute atomic E-state index is 13.7. The quantitative estimate of drug-likeness (QED) is 0.0216. The second-order valence-electron chi connectivity index (χ2n) is 21.4. The smallest absolute Gasteiger partial charge is 0.420 e. The van der Waals surface area contributed by atoms with Gasteiger partial charge in [0.05, 0.1) is 48.5 Å². The standard InChI is InChI=1S/C24H27F3N4O2S.C24H25F3N4OS.C22H18N4O2S/c1-2-3-4-5-6-7-13-33-20-11-10-16(14-18(20)24(25,26)27)30-23-31-19(15-34-23)17-9-8-12-29-21(17)22(28)32;1-2-3-4-5-6-7-13-32-22-11-10-17(14-19(22)24(25,26)27)30-23-31-21(16-33-23)18-9-8-12-29-20(18)15-28;1-28-19-10-8-17(9-11-19)24-21(27)15-4-6-18(7-5-15)25-22-26-20(14-29-22)16-3-2-12-23-13-16/h8-12,14-15H,2-7,13H2,1H3,(H2,28,32)(H,30,31);8-12,14,16H,2-7,13H2,1H3,(H,30,31);2-14H,1H3,(H,24,27)(H,25,26). The molecule has 0 aliphatic heterocycles. The molecule has 2 amide bonds. The predicted molar refractivity (Wildman–Crippen MR) is 367 cm³/mol. The molecule has 6 heterocycles. The molecule has 26 heteroatoms. The average Bonchev–Trinajstić information content (AvgIpc) is 1.33. The van der Waals surface area contributed by atoms with Gasteiger partial charge in [0, 0.05) is 85.9 Å². The van der Waals surface area contributed by atoms with Crippen LogP contribution in [0.1, 0.15) is 129 Å². The van der Waals surface area contributed by atoms with E-state index in [1.54, 1.807) is 90.9 Å². The molecule has 17 nitrogen and oxygen atoms in total. The summed E-state index contributed by atoms with van der Waals surface area (Å²) >= 11 is 3.93. The number of pyridine rings is 3. The number of nitrogens with zero attached hydrogens (tertiary/aromatic N) is 7. The summed E-state index contributed by atoms with van der Waals surface area (Å²) in [6.45, 7) is 4.77. The first kappa shape index (κ1) is 71.9. The first-order valence-corrected chi connectivity index (χ1v) is 33.5. The molecule has 0 saturated heterocycles. The van der Waals surface area contributed by atoms with Crippen molar-refractivity contribution in [3.8, 4) is 57.1 Å². The lowest BCUT2D eigenvalue weighted by Gasteiger charge is -2.15. The van der Waals surface area contributed by atoms with Crippen LogP contribution >= 0.6 is 34.0 Å². The van der Waals surface area contributed by atoms with Crippen LogP contribution in [0.3, 0.4) is 0 Å². The first-order valence-electron chi connectivity index (χ1n) is 30.8. The zero-order valence-corrected chi connectivity index (χ0v) is 55.2. The number of amides is 2. The van der Waals surface area contributed by atoms with Gasteiger partial charge in [-0.2, -0.15) is 31.6 Å². The largest absolute Gasteiger partial charge is 0.497 e. The number of primary amides is 1. The number of nitriles is 1. The molecule has 0 saturated carbocycles. The molecule has 0 atom stereocenters. The molecule has 4 aromatic carbocycles. The average molecular weight is 1370 g/mol. The van der Waals surface area contributed by atoms with E-state index < -0.39 is 29.4 Å². The van der Waals surface area contributed by atoms with Crippen LogP contribution in [0.4, 0.5) is 64.5 Å². The van der Waals surface area contributed by atoms with E-state index in [1.807, 2.05) is 35.7 Å². The van der Waals surface area contributed by atoms with Crippen LogP contribution in [0.5, 0.6) is 17.2 Å². The van der Waals surface area contributed by atoms with Crippen LogP contribution in [0.2, 0.25) is 0 Å². The molecule has 10 rings (SSSR count). The van der Waals surface area contributed by atoms with Crippen molar-refractivity contribution in [2.75, 3.05) is 41.6 Å². The summed E-state index contributed by atoms with van der Waals surface area (Å²) in [6.07, 6.45) is 9.74. The van der Waals surface area contributed by atoms with Gasteiger partial charge in [-0.1, -0.05) is 78.1 Å². The fourth-order valence-electron chi connectivity index (χ4n) is 9.39. The molecule has 6 N–H and O–H groups in total. The van der Waals surface area contributed by atoms with Crippen molar-refractivity contribution < 1.29 is 50.1 Å². The molecule has 10 aromatic rings. The van der Waals surface area contributed by atoms with Gasteiger partial charge in [0.25, 0.3) is 11.8 Å². The first-order chi connectivity index (χ1) is 46.4. The molecule has 0 unspecified atom stereocenters. The number of rotatable bonds is 29. The maximum Gasteiger partial charge on any atom is 0.420 e. The minimum absolute atomic E-state index is 0.0746. The topological polar surface area (TPSA) is 237 Å². The lowest BCUT2D eigenvalue weighted by molar-refractivity contribution is -0.139. The maximum atomic E-state index is 13.7. The highest BCUT2D eigenvalue weighted by atomic mass is 32.1. The Hall–Kier alpha value is -9.97. The number of carbonyl (C=O) groups is 2. The van der Waals surface area contributed by atoms with Crippen LogP contribution in [0.25, 0.3) is 33.8 Å². The van der Waals surface area contributed by atoms with Gasteiger partial charge in [0.15, 0.2) is 15.4 Å². The third-order valence-electron chi connectivity index (χ3n) is 14.3. The van der Waals surface area contributed by atoms with Crippen molar-refractivity contribution in [3.05, 3.63) is 190 Å². The van der Waals surface area contributed by atoms with E-state index in [1.165, 1.54) is 83.5 Å². The second-order valence-corrected chi connectivity index (χ2v) is 24.0. The molecule has 0 spiro atoms. The van der Waals surface area contributed by atoms with Crippen molar-refractivity contribution in [2.24, 2.45) is 5.73 Å². The van der Waals surface area contributed by atoms with E-state index in [4.69, 9.17) is 19.9 Å². The van der Waals surface area contributed by atoms with E-state index in [2.05, 4.69) is 65.0 Å². The Labute approximate surface area is 564 Å². The molecule has 0 aliphatic rings. The van der Waals surface area contributed by atoms with Crippen LogP contribution in [-0.4, -0.2) is 62.0 Å². The van der Waals surface area contributed by atoms with Crippen molar-refractivity contribution in [2.45, 2.75) is 103 Å². The molecule has 0 fully saturated rings. The highest BCUT2D eigenvalue weighted by Crippen LogP contribution is 2.41. The molecule has 500 valence electrons. The number of nitrogens with two attached hydrogens (primary N) is 1. The molecule has 0 radical (unpaired) electrons. The van der Waals surface area contributed by atoms with Crippen LogP contribution in [-0.2, 0) is 12.4 Å². The Morgan fingerprint density at radius 1 is 0.552 bits per heavy atom. The number of halogens is 6. The number of hydrogen-bond donors (Lipinski definition) is 5. The fraction of sp³-hybridized carbons (Fsp3) is 0.271. The number of nitrogens with one attached hydrogen (secondary N) is 4. The highest BCUT2D eigenvalue weighted by molar-refractivity contribution is 7.14. The number of ether oxygens (including phenoxy) is 3. The van der Waals surface area contributed by atoms with Gasteiger partial charge in [-0.25, -0.2) is 19.9 Å². The highest BCUT2D eigenvalue weighted by Gasteiger charge is 2.36. The van der Waals surface area contributed by atoms with Gasteiger partial charge in [0.2, 0.25) is 0 Å². The Balaban J connectivity index is 0.000000185. The number of thiazole rings is 3. The van der Waals surface area contributed by atoms with Gasteiger partial charge in [0.1, 0.15) is 34.7 Å². The number of methoxy groups -OCH3 is 1. The minimum atomic E-state index is -4.56. The number of hydrogen-bond acceptors (Lipinski definition) is 18. The Bertz CT molecular complexity index is 4130. The third-order valence-corrected chi connectivity index (χ3v) is 16.6. The summed E-state index contributed by atoms with van der Waals surface area (Å²) in [6, 6.07) is 34.8. The third kappa shape index (κ3) is 21.8. The van der Waals surface area contributed by atoms with Gasteiger partial charge < -0.3 is 41.2 Å². The summed E-state index contributed by atoms with van der Waals surface area (Å²) in [5, 5.41) is 28.1. The van der Waals surface area contributed by atoms with Gasteiger partial charge >= 0.3 is 12.4 Å². The number of aromatic nitrogens is 6. The number of anilines is 7. The summed E-state index contributed by atoms with van der Waals surface area (Å²) in [4.78, 5) is 49.5. The molecule has 0 bridgehead atoms. The zero-order valence-electron chi connectivity index (χ0n) is 52.7. The predicted octanol–water partition coefficient (Wildman–Crippen LogP) is 19.6. The van der Waals surface area contributed by atoms with Gasteiger partial charge in [-0.05, 0) is 134 Å². The summed E-state index contributed by atoms with van der Waals surface area (Å²) < 4.78 is 97.9. The minimum Gasteiger partial charge on any atom is -0.497 e. The van der Waals surface area contributed by atoms with E-state index >= 15 is 0 Å². The summed E-state index contributed by atoms with van der Waals surface area (Å²) in [5.41, 5.74) is 10.5. The Kier molecular flexibility index (Phi) is 27.0. The normalized spacial score (nSPS) is 11.0. The van der Waals surface area contributed by atoms with Crippen LogP contribution in [0, 0.1) is 11.3 Å². The number of carbonyl (C=O) groups excluding carboxylic acids is 2.